The highest BCUT2D eigenvalue weighted by molar-refractivity contribution is 6.09. The molecule has 1 aromatic carbocycles. The lowest BCUT2D eigenvalue weighted by Crippen LogP contribution is -2.54. The Balaban J connectivity index is 1.26. The smallest absolute Gasteiger partial charge is 0.270 e. The maximum atomic E-state index is 13.0. The van der Waals surface area contributed by atoms with E-state index in [1.807, 2.05) is 0 Å². The highest BCUT2D eigenvalue weighted by Crippen LogP contribution is 2.85. The molecule has 0 radical (unpaired) electrons. The van der Waals surface area contributed by atoms with E-state index in [9.17, 15) is 14.4 Å². The van der Waals surface area contributed by atoms with E-state index in [4.69, 9.17) is 4.74 Å². The molecule has 1 heterocycles. The molecule has 1 aliphatic heterocycles. The molecular weight excluding hydrogens is 332 g/mol. The molecule has 0 bridgehead atoms. The number of nitrogens with one attached hydrogen (secondary N) is 1. The number of hydrogen-bond donors (Lipinski definition) is 1. The average Bonchev–Trinajstić information content (AvgIpc) is 3.25. The molecular formula is C20H18N2O4. The second-order valence-electron chi connectivity index (χ2n) is 8.15. The van der Waals surface area contributed by atoms with Crippen LogP contribution in [-0.4, -0.2) is 29.8 Å². The van der Waals surface area contributed by atoms with Gasteiger partial charge in [0, 0.05) is 11.0 Å². The van der Waals surface area contributed by atoms with Gasteiger partial charge in [0.2, 0.25) is 0 Å². The summed E-state index contributed by atoms with van der Waals surface area (Å²) in [5.41, 5.74) is 3.04. The van der Waals surface area contributed by atoms with Crippen LogP contribution in [0.25, 0.3) is 0 Å². The second-order valence-corrected chi connectivity index (χ2v) is 8.15. The van der Waals surface area contributed by atoms with Crippen LogP contribution >= 0.6 is 0 Å². The van der Waals surface area contributed by atoms with Gasteiger partial charge in [-0.1, -0.05) is 12.2 Å². The fraction of sp³-hybridized carbons (Fsp3) is 0.450. The molecule has 26 heavy (non-hydrogen) atoms. The first-order valence-corrected chi connectivity index (χ1v) is 9.10. The first-order valence-electron chi connectivity index (χ1n) is 9.10. The Morgan fingerprint density at radius 2 is 1.92 bits per heavy atom. The monoisotopic (exact) mass is 350 g/mol. The molecule has 1 saturated heterocycles. The number of hydrazine groups is 1. The van der Waals surface area contributed by atoms with E-state index in [1.54, 1.807) is 31.4 Å². The lowest BCUT2D eigenvalue weighted by atomic mass is 9.52. The molecule has 5 aliphatic rings. The van der Waals surface area contributed by atoms with Gasteiger partial charge in [-0.3, -0.25) is 19.8 Å². The number of nitrogens with zero attached hydrogens (tertiary/aromatic N) is 1. The molecule has 1 aromatic rings. The summed E-state index contributed by atoms with van der Waals surface area (Å²) < 4.78 is 5.08. The maximum absolute atomic E-state index is 13.0. The molecule has 4 fully saturated rings. The highest BCUT2D eigenvalue weighted by Gasteiger charge is 2.84. The Hall–Kier alpha value is -2.63. The van der Waals surface area contributed by atoms with Gasteiger partial charge in [0.15, 0.2) is 0 Å². The van der Waals surface area contributed by atoms with Crippen LogP contribution in [0.4, 0.5) is 0 Å². The average molecular weight is 350 g/mol. The Kier molecular flexibility index (Phi) is 2.44. The van der Waals surface area contributed by atoms with Gasteiger partial charge >= 0.3 is 0 Å². The van der Waals surface area contributed by atoms with Gasteiger partial charge in [-0.25, -0.2) is 0 Å². The van der Waals surface area contributed by atoms with Gasteiger partial charge < -0.3 is 4.74 Å². The molecule has 0 aromatic heterocycles. The van der Waals surface area contributed by atoms with E-state index in [0.717, 1.165) is 5.01 Å². The van der Waals surface area contributed by atoms with Gasteiger partial charge in [-0.2, -0.15) is 5.01 Å². The number of imide groups is 1. The van der Waals surface area contributed by atoms with Crippen LogP contribution in [0.2, 0.25) is 0 Å². The minimum Gasteiger partial charge on any atom is -0.497 e. The van der Waals surface area contributed by atoms with Gasteiger partial charge in [-0.15, -0.1) is 0 Å². The summed E-state index contributed by atoms with van der Waals surface area (Å²) in [5.74, 6) is 0.931. The standard InChI is InChI=1S/C20H18N2O4/c1-26-10-4-2-9(3-5-10)17(23)21-22-18(24)14-12-6-7-20(12)13-8-11(13)16(20)15(14)19(22)25/h2-7,11-16H,8H2,1H3,(H,21,23)/t11?,12?,13?,14-,15-,16?,20?/m1/s1. The zero-order chi connectivity index (χ0) is 17.8. The molecule has 132 valence electrons. The molecule has 3 saturated carbocycles. The lowest BCUT2D eigenvalue weighted by Gasteiger charge is -2.52. The summed E-state index contributed by atoms with van der Waals surface area (Å²) in [6.45, 7) is 0. The van der Waals surface area contributed by atoms with Crippen LogP contribution in [-0.2, 0) is 9.59 Å². The summed E-state index contributed by atoms with van der Waals surface area (Å²) in [6.07, 6.45) is 5.54. The van der Waals surface area contributed by atoms with Gasteiger partial charge in [-0.05, 0) is 54.4 Å². The first kappa shape index (κ1) is 14.5. The third kappa shape index (κ3) is 1.41. The van der Waals surface area contributed by atoms with Gasteiger partial charge in [0.1, 0.15) is 5.75 Å². The Morgan fingerprint density at radius 1 is 1.19 bits per heavy atom. The summed E-state index contributed by atoms with van der Waals surface area (Å²) in [5, 5.41) is 0.980. The number of carbonyl (C=O) groups is 3. The molecule has 6 heteroatoms. The number of rotatable bonds is 3. The van der Waals surface area contributed by atoms with Crippen molar-refractivity contribution in [3.63, 3.8) is 0 Å². The van der Waals surface area contributed by atoms with Crippen molar-refractivity contribution < 1.29 is 19.1 Å². The topological polar surface area (TPSA) is 75.7 Å². The normalized spacial score (nSPS) is 42.9. The molecule has 6 nitrogen and oxygen atoms in total. The Morgan fingerprint density at radius 3 is 2.58 bits per heavy atom. The first-order chi connectivity index (χ1) is 12.6. The number of methoxy groups -OCH3 is 1. The van der Waals surface area contributed by atoms with Crippen molar-refractivity contribution in [1.82, 2.24) is 10.4 Å². The van der Waals surface area contributed by atoms with Crippen LogP contribution < -0.4 is 10.2 Å². The highest BCUT2D eigenvalue weighted by atomic mass is 16.5. The third-order valence-corrected chi connectivity index (χ3v) is 7.43. The number of ether oxygens (including phenoxy) is 1. The molecule has 1 spiro atoms. The summed E-state index contributed by atoms with van der Waals surface area (Å²) in [4.78, 5) is 38.4. The lowest BCUT2D eigenvalue weighted by molar-refractivity contribution is -0.146. The van der Waals surface area contributed by atoms with Crippen molar-refractivity contribution in [3.05, 3.63) is 42.0 Å². The number of amides is 3. The Labute approximate surface area is 150 Å². The predicted molar refractivity (Wildman–Crippen MR) is 89.4 cm³/mol. The van der Waals surface area contributed by atoms with E-state index in [2.05, 4.69) is 17.6 Å². The fourth-order valence-electron chi connectivity index (χ4n) is 6.31. The van der Waals surface area contributed by atoms with Crippen molar-refractivity contribution in [1.29, 1.82) is 0 Å². The summed E-state index contributed by atoms with van der Waals surface area (Å²) in [7, 11) is 1.55. The Bertz CT molecular complexity index is 907. The van der Waals surface area contributed by atoms with Crippen molar-refractivity contribution in [2.24, 2.45) is 40.9 Å². The maximum Gasteiger partial charge on any atom is 0.270 e. The predicted octanol–water partition coefficient (Wildman–Crippen LogP) is 1.39. The number of hydrogen-bond acceptors (Lipinski definition) is 4. The summed E-state index contributed by atoms with van der Waals surface area (Å²) in [6, 6.07) is 6.57. The van der Waals surface area contributed by atoms with Gasteiger partial charge in [0.25, 0.3) is 17.7 Å². The van der Waals surface area contributed by atoms with Crippen LogP contribution in [0.5, 0.6) is 5.75 Å². The van der Waals surface area contributed by atoms with E-state index in [1.165, 1.54) is 6.42 Å². The zero-order valence-corrected chi connectivity index (χ0v) is 14.2. The largest absolute Gasteiger partial charge is 0.497 e. The molecule has 6 rings (SSSR count). The van der Waals surface area contributed by atoms with Crippen molar-refractivity contribution in [3.8, 4) is 5.75 Å². The van der Waals surface area contributed by atoms with E-state index in [0.29, 0.717) is 29.1 Å². The van der Waals surface area contributed by atoms with E-state index in [-0.39, 0.29) is 35.0 Å². The molecule has 3 amide bonds. The minimum absolute atomic E-state index is 0.122. The number of benzene rings is 1. The number of fused-ring (bicyclic) bond motifs is 5. The molecule has 4 aliphatic carbocycles. The van der Waals surface area contributed by atoms with E-state index < -0.39 is 5.91 Å². The van der Waals surface area contributed by atoms with E-state index >= 15 is 0 Å². The number of allylic oxidation sites excluding steroid dienone is 2. The SMILES string of the molecule is COc1ccc(C(=O)NN2C(=O)[C@@H]3C4C=CC45C4CC4C5[C@@H]3C2=O)cc1. The fourth-order valence-corrected chi connectivity index (χ4v) is 6.31. The van der Waals surface area contributed by atoms with Crippen molar-refractivity contribution in [2.75, 3.05) is 7.11 Å². The van der Waals surface area contributed by atoms with Crippen LogP contribution in [0, 0.1) is 40.9 Å². The molecule has 5 unspecified atom stereocenters. The minimum atomic E-state index is -0.456. The van der Waals surface area contributed by atoms with Crippen LogP contribution in [0.3, 0.4) is 0 Å². The second kappa shape index (κ2) is 4.37. The van der Waals surface area contributed by atoms with Crippen molar-refractivity contribution in [2.45, 2.75) is 6.42 Å². The third-order valence-electron chi connectivity index (χ3n) is 7.43. The quantitative estimate of drug-likeness (QED) is 0.660. The number of carbonyl (C=O) groups excluding carboxylic acids is 3. The zero-order valence-electron chi connectivity index (χ0n) is 14.2. The summed E-state index contributed by atoms with van der Waals surface area (Å²) >= 11 is 0. The van der Waals surface area contributed by atoms with Gasteiger partial charge in [0.05, 0.1) is 18.9 Å². The van der Waals surface area contributed by atoms with Crippen LogP contribution in [0.1, 0.15) is 16.8 Å². The molecule has 7 atom stereocenters. The molecule has 1 N–H and O–H groups in total. The van der Waals surface area contributed by atoms with Crippen LogP contribution in [0.15, 0.2) is 36.4 Å². The van der Waals surface area contributed by atoms with Crippen molar-refractivity contribution >= 4 is 17.7 Å².